The van der Waals surface area contributed by atoms with Crippen LogP contribution in [0.4, 0.5) is 0 Å². The molecule has 0 aromatic carbocycles. The molecule has 1 rings (SSSR count). The Morgan fingerprint density at radius 2 is 2.21 bits per heavy atom. The first-order valence-corrected chi connectivity index (χ1v) is 5.58. The third-order valence-corrected chi connectivity index (χ3v) is 3.15. The summed E-state index contributed by atoms with van der Waals surface area (Å²) < 4.78 is 0. The van der Waals surface area contributed by atoms with Gasteiger partial charge in [0.1, 0.15) is 6.04 Å². The number of aliphatic carboxylic acids is 1. The summed E-state index contributed by atoms with van der Waals surface area (Å²) in [6, 6.07) is 3.28. The fraction of sp³-hybridized carbons (Fsp3) is 0.500. The van der Waals surface area contributed by atoms with Crippen LogP contribution in [-0.2, 0) is 4.79 Å². The smallest absolute Gasteiger partial charge is 0.326 e. The van der Waals surface area contributed by atoms with Crippen molar-refractivity contribution in [1.82, 2.24) is 4.90 Å². The van der Waals surface area contributed by atoms with Gasteiger partial charge in [0.25, 0.3) is 0 Å². The molecule has 0 aliphatic carbocycles. The van der Waals surface area contributed by atoms with Crippen LogP contribution in [0.3, 0.4) is 0 Å². The van der Waals surface area contributed by atoms with Crippen molar-refractivity contribution in [2.24, 2.45) is 0 Å². The molecule has 1 heterocycles. The van der Waals surface area contributed by atoms with Gasteiger partial charge in [0.15, 0.2) is 0 Å². The van der Waals surface area contributed by atoms with Gasteiger partial charge >= 0.3 is 5.97 Å². The lowest BCUT2D eigenvalue weighted by atomic mass is 10.2. The molecular formula is C10H15NO2S. The average Bonchev–Trinajstić information content (AvgIpc) is 2.65. The predicted octanol–water partition coefficient (Wildman–Crippen LogP) is 2.22. The zero-order chi connectivity index (χ0) is 10.6. The number of hydrogen-bond donors (Lipinski definition) is 1. The maximum absolute atomic E-state index is 11.1. The molecule has 0 bridgehead atoms. The molecule has 78 valence electrons. The molecule has 0 spiro atoms. The zero-order valence-corrected chi connectivity index (χ0v) is 9.25. The number of carboxylic acid groups (broad SMARTS) is 1. The lowest BCUT2D eigenvalue weighted by Gasteiger charge is -2.25. The molecule has 0 radical (unpaired) electrons. The summed E-state index contributed by atoms with van der Waals surface area (Å²) in [6.07, 6.45) is 0. The molecule has 3 nitrogen and oxygen atoms in total. The van der Waals surface area contributed by atoms with E-state index in [9.17, 15) is 4.79 Å². The summed E-state index contributed by atoms with van der Waals surface area (Å²) in [7, 11) is 0. The van der Waals surface area contributed by atoms with Crippen molar-refractivity contribution in [2.45, 2.75) is 19.9 Å². The molecule has 1 aromatic rings. The van der Waals surface area contributed by atoms with E-state index in [2.05, 4.69) is 0 Å². The second kappa shape index (κ2) is 5.12. The maximum Gasteiger partial charge on any atom is 0.326 e. The van der Waals surface area contributed by atoms with Crippen LogP contribution in [0, 0.1) is 0 Å². The summed E-state index contributed by atoms with van der Waals surface area (Å²) in [5.74, 6) is -0.767. The number of hydrogen-bond acceptors (Lipinski definition) is 3. The first-order valence-electron chi connectivity index (χ1n) is 4.71. The van der Waals surface area contributed by atoms with Crippen LogP contribution in [0.25, 0.3) is 0 Å². The number of thiophene rings is 1. The molecule has 1 aromatic heterocycles. The van der Waals surface area contributed by atoms with E-state index >= 15 is 0 Å². The molecule has 0 aliphatic heterocycles. The molecular weight excluding hydrogens is 198 g/mol. The number of nitrogens with zero attached hydrogens (tertiary/aromatic N) is 1. The molecule has 4 heteroatoms. The highest BCUT2D eigenvalue weighted by Gasteiger charge is 2.25. The topological polar surface area (TPSA) is 40.5 Å². The molecule has 0 saturated heterocycles. The molecule has 14 heavy (non-hydrogen) atoms. The summed E-state index contributed by atoms with van der Waals surface area (Å²) in [5, 5.41) is 11.1. The Morgan fingerprint density at radius 3 is 2.57 bits per heavy atom. The van der Waals surface area contributed by atoms with E-state index in [1.54, 1.807) is 0 Å². The SMILES string of the molecule is CCN(CC)C(C(=O)O)c1cccs1. The summed E-state index contributed by atoms with van der Waals surface area (Å²) in [5.41, 5.74) is 0. The largest absolute Gasteiger partial charge is 0.480 e. The Morgan fingerprint density at radius 1 is 1.57 bits per heavy atom. The van der Waals surface area contributed by atoms with E-state index in [1.165, 1.54) is 11.3 Å². The quantitative estimate of drug-likeness (QED) is 0.815. The second-order valence-electron chi connectivity index (χ2n) is 2.98. The lowest BCUT2D eigenvalue weighted by molar-refractivity contribution is -0.143. The Balaban J connectivity index is 2.89. The van der Waals surface area contributed by atoms with Gasteiger partial charge in [-0.05, 0) is 24.5 Å². The first kappa shape index (κ1) is 11.2. The third kappa shape index (κ3) is 2.33. The standard InChI is InChI=1S/C10H15NO2S/c1-3-11(4-2)9(10(12)13)8-6-5-7-14-8/h5-7,9H,3-4H2,1-2H3,(H,12,13). The molecule has 1 unspecified atom stereocenters. The molecule has 1 atom stereocenters. The van der Waals surface area contributed by atoms with Gasteiger partial charge in [-0.1, -0.05) is 19.9 Å². The Bertz CT molecular complexity index is 280. The van der Waals surface area contributed by atoms with Gasteiger partial charge in [0.05, 0.1) is 0 Å². The minimum absolute atomic E-state index is 0.481. The second-order valence-corrected chi connectivity index (χ2v) is 3.96. The van der Waals surface area contributed by atoms with Crippen LogP contribution in [0.2, 0.25) is 0 Å². The van der Waals surface area contributed by atoms with Crippen molar-refractivity contribution in [1.29, 1.82) is 0 Å². The molecule has 0 aliphatic rings. The molecule has 1 N–H and O–H groups in total. The number of likely N-dealkylation sites (N-methyl/N-ethyl adjacent to an activating group) is 1. The van der Waals surface area contributed by atoms with Gasteiger partial charge in [0, 0.05) is 4.88 Å². The minimum Gasteiger partial charge on any atom is -0.480 e. The average molecular weight is 213 g/mol. The highest BCUT2D eigenvalue weighted by molar-refractivity contribution is 7.10. The zero-order valence-electron chi connectivity index (χ0n) is 8.43. The molecule has 0 fully saturated rings. The summed E-state index contributed by atoms with van der Waals surface area (Å²) >= 11 is 1.50. The van der Waals surface area contributed by atoms with Crippen molar-refractivity contribution < 1.29 is 9.90 Å². The van der Waals surface area contributed by atoms with E-state index in [4.69, 9.17) is 5.11 Å². The van der Waals surface area contributed by atoms with Crippen LogP contribution in [0.1, 0.15) is 24.8 Å². The molecule has 0 saturated carbocycles. The van der Waals surface area contributed by atoms with E-state index < -0.39 is 12.0 Å². The Hall–Kier alpha value is -0.870. The fourth-order valence-corrected chi connectivity index (χ4v) is 2.34. The van der Waals surface area contributed by atoms with Crippen LogP contribution in [-0.4, -0.2) is 29.1 Å². The Labute approximate surface area is 88.0 Å². The van der Waals surface area contributed by atoms with Gasteiger partial charge in [0.2, 0.25) is 0 Å². The van der Waals surface area contributed by atoms with Gasteiger partial charge < -0.3 is 5.11 Å². The predicted molar refractivity (Wildman–Crippen MR) is 57.6 cm³/mol. The monoisotopic (exact) mass is 213 g/mol. The van der Waals surface area contributed by atoms with E-state index in [0.717, 1.165) is 18.0 Å². The van der Waals surface area contributed by atoms with Gasteiger partial charge in [-0.3, -0.25) is 9.69 Å². The van der Waals surface area contributed by atoms with Crippen LogP contribution in [0.15, 0.2) is 17.5 Å². The summed E-state index contributed by atoms with van der Waals surface area (Å²) in [6.45, 7) is 5.47. The first-order chi connectivity index (χ1) is 6.70. The third-order valence-electron chi connectivity index (χ3n) is 2.22. The van der Waals surface area contributed by atoms with E-state index in [1.807, 2.05) is 36.3 Å². The fourth-order valence-electron chi connectivity index (χ4n) is 1.49. The van der Waals surface area contributed by atoms with E-state index in [-0.39, 0.29) is 0 Å². The maximum atomic E-state index is 11.1. The lowest BCUT2D eigenvalue weighted by Crippen LogP contribution is -2.33. The van der Waals surface area contributed by atoms with Crippen molar-refractivity contribution in [3.8, 4) is 0 Å². The number of carboxylic acids is 1. The van der Waals surface area contributed by atoms with Crippen molar-refractivity contribution in [2.75, 3.05) is 13.1 Å². The van der Waals surface area contributed by atoms with Crippen LogP contribution in [0.5, 0.6) is 0 Å². The van der Waals surface area contributed by atoms with Crippen molar-refractivity contribution in [3.63, 3.8) is 0 Å². The minimum atomic E-state index is -0.767. The normalized spacial score (nSPS) is 13.1. The van der Waals surface area contributed by atoms with Gasteiger partial charge in [-0.2, -0.15) is 0 Å². The van der Waals surface area contributed by atoms with Gasteiger partial charge in [-0.25, -0.2) is 0 Å². The molecule has 0 amide bonds. The van der Waals surface area contributed by atoms with E-state index in [0.29, 0.717) is 0 Å². The number of rotatable bonds is 5. The highest BCUT2D eigenvalue weighted by Crippen LogP contribution is 2.24. The van der Waals surface area contributed by atoms with Crippen molar-refractivity contribution in [3.05, 3.63) is 22.4 Å². The van der Waals surface area contributed by atoms with Crippen LogP contribution < -0.4 is 0 Å². The summed E-state index contributed by atoms with van der Waals surface area (Å²) in [4.78, 5) is 14.0. The Kier molecular flexibility index (Phi) is 4.10. The highest BCUT2D eigenvalue weighted by atomic mass is 32.1. The number of carbonyl (C=O) groups is 1. The van der Waals surface area contributed by atoms with Crippen LogP contribution >= 0.6 is 11.3 Å². The van der Waals surface area contributed by atoms with Crippen molar-refractivity contribution >= 4 is 17.3 Å². The van der Waals surface area contributed by atoms with Gasteiger partial charge in [-0.15, -0.1) is 11.3 Å².